The number of benzene rings is 2. The third-order valence-corrected chi connectivity index (χ3v) is 4.81. The van der Waals surface area contributed by atoms with E-state index in [0.29, 0.717) is 6.42 Å². The SMILES string of the molecule is O=C(N[C@@H](Cc1c[nH]c2ccccc12)C(=O)OCc1ccccc1)c1ccccn1. The van der Waals surface area contributed by atoms with E-state index in [1.54, 1.807) is 18.2 Å². The summed E-state index contributed by atoms with van der Waals surface area (Å²) in [6, 6.07) is 21.5. The molecule has 4 rings (SSSR count). The number of ether oxygens (including phenoxy) is 1. The molecule has 30 heavy (non-hydrogen) atoms. The number of carbonyl (C=O) groups is 2. The zero-order valence-corrected chi connectivity index (χ0v) is 16.2. The van der Waals surface area contributed by atoms with Crippen LogP contribution in [0, 0.1) is 0 Å². The third-order valence-electron chi connectivity index (χ3n) is 4.81. The maximum atomic E-state index is 12.9. The number of amides is 1. The van der Waals surface area contributed by atoms with Crippen molar-refractivity contribution in [2.24, 2.45) is 0 Å². The molecular weight excluding hydrogens is 378 g/mol. The quantitative estimate of drug-likeness (QED) is 0.465. The molecule has 0 saturated carbocycles. The Bertz CT molecular complexity index is 1140. The molecule has 0 fully saturated rings. The van der Waals surface area contributed by atoms with Crippen molar-refractivity contribution in [3.8, 4) is 0 Å². The standard InChI is InChI=1S/C24H21N3O3/c28-23(21-12-6-7-13-25-21)27-22(24(29)30-16-17-8-2-1-3-9-17)14-18-15-26-20-11-5-4-10-19(18)20/h1-13,15,22,26H,14,16H2,(H,27,28)/t22-/m0/s1. The summed E-state index contributed by atoms with van der Waals surface area (Å²) in [5.41, 5.74) is 3.03. The van der Waals surface area contributed by atoms with E-state index in [9.17, 15) is 9.59 Å². The first-order chi connectivity index (χ1) is 14.7. The summed E-state index contributed by atoms with van der Waals surface area (Å²) in [5.74, 6) is -0.912. The Hall–Kier alpha value is -3.93. The lowest BCUT2D eigenvalue weighted by molar-refractivity contribution is -0.147. The van der Waals surface area contributed by atoms with Gasteiger partial charge in [0.25, 0.3) is 5.91 Å². The lowest BCUT2D eigenvalue weighted by Crippen LogP contribution is -2.43. The van der Waals surface area contributed by atoms with Crippen LogP contribution in [-0.4, -0.2) is 27.9 Å². The second-order valence-electron chi connectivity index (χ2n) is 6.90. The Kier molecular flexibility index (Phi) is 5.85. The first kappa shape index (κ1) is 19.4. The van der Waals surface area contributed by atoms with E-state index in [0.717, 1.165) is 22.0 Å². The summed E-state index contributed by atoms with van der Waals surface area (Å²) in [6.45, 7) is 0.142. The minimum Gasteiger partial charge on any atom is -0.459 e. The highest BCUT2D eigenvalue weighted by molar-refractivity contribution is 5.95. The van der Waals surface area contributed by atoms with Crippen LogP contribution in [0.25, 0.3) is 10.9 Å². The predicted octanol–water partition coefficient (Wildman–Crippen LogP) is 3.65. The number of H-pyrrole nitrogens is 1. The molecule has 150 valence electrons. The molecule has 0 aliphatic heterocycles. The van der Waals surface area contributed by atoms with E-state index in [1.165, 1.54) is 6.20 Å². The van der Waals surface area contributed by atoms with E-state index < -0.39 is 17.9 Å². The van der Waals surface area contributed by atoms with Gasteiger partial charge in [-0.3, -0.25) is 9.78 Å². The van der Waals surface area contributed by atoms with Crippen molar-refractivity contribution in [2.45, 2.75) is 19.1 Å². The van der Waals surface area contributed by atoms with Crippen LogP contribution in [0.15, 0.2) is 85.2 Å². The lowest BCUT2D eigenvalue weighted by atomic mass is 10.0. The van der Waals surface area contributed by atoms with Gasteiger partial charge in [0.15, 0.2) is 0 Å². The summed E-state index contributed by atoms with van der Waals surface area (Å²) >= 11 is 0. The smallest absolute Gasteiger partial charge is 0.329 e. The summed E-state index contributed by atoms with van der Waals surface area (Å²) in [4.78, 5) is 32.8. The Labute approximate surface area is 173 Å². The molecule has 0 unspecified atom stereocenters. The first-order valence-electron chi connectivity index (χ1n) is 9.68. The van der Waals surface area contributed by atoms with Crippen LogP contribution in [-0.2, 0) is 22.6 Å². The van der Waals surface area contributed by atoms with Crippen LogP contribution in [0.4, 0.5) is 0 Å². The highest BCUT2D eigenvalue weighted by Crippen LogP contribution is 2.19. The number of aromatic nitrogens is 2. The average Bonchev–Trinajstić information content (AvgIpc) is 3.21. The number of carbonyl (C=O) groups excluding carboxylic acids is 2. The lowest BCUT2D eigenvalue weighted by Gasteiger charge is -2.17. The topological polar surface area (TPSA) is 84.1 Å². The fourth-order valence-corrected chi connectivity index (χ4v) is 3.27. The highest BCUT2D eigenvalue weighted by Gasteiger charge is 2.25. The van der Waals surface area contributed by atoms with Crippen LogP contribution in [0.2, 0.25) is 0 Å². The zero-order chi connectivity index (χ0) is 20.8. The van der Waals surface area contributed by atoms with Gasteiger partial charge in [0, 0.05) is 29.7 Å². The minimum atomic E-state index is -0.845. The van der Waals surface area contributed by atoms with Gasteiger partial charge >= 0.3 is 5.97 Å². The summed E-state index contributed by atoms with van der Waals surface area (Å²) in [5, 5.41) is 3.79. The fraction of sp³-hybridized carbons (Fsp3) is 0.125. The highest BCUT2D eigenvalue weighted by atomic mass is 16.5. The summed E-state index contributed by atoms with van der Waals surface area (Å²) < 4.78 is 5.50. The molecule has 6 nitrogen and oxygen atoms in total. The molecule has 1 amide bonds. The number of hydrogen-bond acceptors (Lipinski definition) is 4. The molecule has 0 radical (unpaired) electrons. The molecule has 0 bridgehead atoms. The predicted molar refractivity (Wildman–Crippen MR) is 114 cm³/mol. The maximum absolute atomic E-state index is 12.9. The van der Waals surface area contributed by atoms with Crippen molar-refractivity contribution in [1.29, 1.82) is 0 Å². The van der Waals surface area contributed by atoms with Crippen molar-refractivity contribution in [1.82, 2.24) is 15.3 Å². The third kappa shape index (κ3) is 4.55. The monoisotopic (exact) mass is 399 g/mol. The van der Waals surface area contributed by atoms with Gasteiger partial charge in [-0.25, -0.2) is 4.79 Å². The van der Waals surface area contributed by atoms with Crippen LogP contribution in [0.1, 0.15) is 21.6 Å². The number of pyridine rings is 1. The summed E-state index contributed by atoms with van der Waals surface area (Å²) in [6.07, 6.45) is 3.70. The Balaban J connectivity index is 1.53. The molecule has 0 spiro atoms. The van der Waals surface area contributed by atoms with Gasteiger partial charge in [0.05, 0.1) is 0 Å². The van der Waals surface area contributed by atoms with E-state index in [2.05, 4.69) is 15.3 Å². The zero-order valence-electron chi connectivity index (χ0n) is 16.2. The number of aromatic amines is 1. The average molecular weight is 399 g/mol. The number of nitrogens with zero attached hydrogens (tertiary/aromatic N) is 1. The van der Waals surface area contributed by atoms with E-state index in [1.807, 2.05) is 60.8 Å². The maximum Gasteiger partial charge on any atom is 0.329 e. The van der Waals surface area contributed by atoms with E-state index in [4.69, 9.17) is 4.74 Å². The van der Waals surface area contributed by atoms with Crippen molar-refractivity contribution in [2.75, 3.05) is 0 Å². The fourth-order valence-electron chi connectivity index (χ4n) is 3.27. The van der Waals surface area contributed by atoms with Crippen molar-refractivity contribution in [3.63, 3.8) is 0 Å². The molecule has 6 heteroatoms. The van der Waals surface area contributed by atoms with Gasteiger partial charge in [0.1, 0.15) is 18.3 Å². The van der Waals surface area contributed by atoms with Gasteiger partial charge in [-0.05, 0) is 29.3 Å². The molecule has 2 N–H and O–H groups in total. The van der Waals surface area contributed by atoms with E-state index in [-0.39, 0.29) is 12.3 Å². The Morgan fingerprint density at radius 3 is 2.53 bits per heavy atom. The number of para-hydroxylation sites is 1. The largest absolute Gasteiger partial charge is 0.459 e. The Morgan fingerprint density at radius 1 is 0.967 bits per heavy atom. The van der Waals surface area contributed by atoms with Crippen molar-refractivity contribution < 1.29 is 14.3 Å². The molecule has 2 aromatic heterocycles. The summed E-state index contributed by atoms with van der Waals surface area (Å²) in [7, 11) is 0. The number of esters is 1. The van der Waals surface area contributed by atoms with Crippen LogP contribution in [0.5, 0.6) is 0 Å². The first-order valence-corrected chi connectivity index (χ1v) is 9.68. The van der Waals surface area contributed by atoms with Gasteiger partial charge in [-0.1, -0.05) is 54.6 Å². The number of fused-ring (bicyclic) bond motifs is 1. The van der Waals surface area contributed by atoms with E-state index >= 15 is 0 Å². The van der Waals surface area contributed by atoms with Crippen LogP contribution < -0.4 is 5.32 Å². The van der Waals surface area contributed by atoms with Crippen molar-refractivity contribution in [3.05, 3.63) is 102 Å². The number of rotatable bonds is 7. The molecule has 2 aromatic carbocycles. The van der Waals surface area contributed by atoms with Crippen LogP contribution >= 0.6 is 0 Å². The molecule has 4 aromatic rings. The molecule has 0 saturated heterocycles. The van der Waals surface area contributed by atoms with Gasteiger partial charge in [-0.2, -0.15) is 0 Å². The van der Waals surface area contributed by atoms with Gasteiger partial charge in [-0.15, -0.1) is 0 Å². The second-order valence-corrected chi connectivity index (χ2v) is 6.90. The molecule has 1 atom stereocenters. The number of nitrogens with one attached hydrogen (secondary N) is 2. The normalized spacial score (nSPS) is 11.7. The van der Waals surface area contributed by atoms with Gasteiger partial charge in [0.2, 0.25) is 0 Å². The van der Waals surface area contributed by atoms with Crippen molar-refractivity contribution >= 4 is 22.8 Å². The molecule has 0 aliphatic rings. The molecular formula is C24H21N3O3. The second kappa shape index (κ2) is 9.05. The minimum absolute atomic E-state index is 0.142. The van der Waals surface area contributed by atoms with Crippen LogP contribution in [0.3, 0.4) is 0 Å². The Morgan fingerprint density at radius 2 is 1.73 bits per heavy atom. The number of hydrogen-bond donors (Lipinski definition) is 2. The molecule has 0 aliphatic carbocycles. The molecule has 2 heterocycles. The van der Waals surface area contributed by atoms with Gasteiger partial charge < -0.3 is 15.0 Å².